The Labute approximate surface area is 173 Å². The van der Waals surface area contributed by atoms with Gasteiger partial charge in [0.15, 0.2) is 0 Å². The van der Waals surface area contributed by atoms with Gasteiger partial charge in [0.1, 0.15) is 5.75 Å². The Morgan fingerprint density at radius 2 is 1.79 bits per heavy atom. The van der Waals surface area contributed by atoms with Crippen molar-refractivity contribution in [3.05, 3.63) is 65.7 Å². The fraction of sp³-hybridized carbons (Fsp3) is 0.417. The SMILES string of the molecule is CCOC(=O)CCN(Cc1ccccc1)C(=O)c1cccc(OCCC(C)C)c1. The molecule has 2 aromatic carbocycles. The Morgan fingerprint density at radius 3 is 2.48 bits per heavy atom. The molecule has 0 radical (unpaired) electrons. The molecule has 0 unspecified atom stereocenters. The van der Waals surface area contributed by atoms with Crippen LogP contribution in [0.3, 0.4) is 0 Å². The lowest BCUT2D eigenvalue weighted by Gasteiger charge is -2.23. The number of hydrogen-bond acceptors (Lipinski definition) is 4. The van der Waals surface area contributed by atoms with E-state index >= 15 is 0 Å². The minimum atomic E-state index is -0.302. The Bertz CT molecular complexity index is 773. The number of hydrogen-bond donors (Lipinski definition) is 0. The predicted octanol–water partition coefficient (Wildman–Crippen LogP) is 4.71. The zero-order chi connectivity index (χ0) is 21.1. The minimum absolute atomic E-state index is 0.132. The summed E-state index contributed by atoms with van der Waals surface area (Å²) in [4.78, 5) is 26.7. The van der Waals surface area contributed by atoms with Crippen LogP contribution >= 0.6 is 0 Å². The summed E-state index contributed by atoms with van der Waals surface area (Å²) in [6, 6.07) is 17.0. The second-order valence-electron chi connectivity index (χ2n) is 7.33. The van der Waals surface area contributed by atoms with Gasteiger partial charge in [0.2, 0.25) is 0 Å². The fourth-order valence-corrected chi connectivity index (χ4v) is 2.83. The van der Waals surface area contributed by atoms with Gasteiger partial charge in [-0.3, -0.25) is 9.59 Å². The van der Waals surface area contributed by atoms with Crippen molar-refractivity contribution < 1.29 is 19.1 Å². The molecular formula is C24H31NO4. The summed E-state index contributed by atoms with van der Waals surface area (Å²) in [6.45, 7) is 7.74. The van der Waals surface area contributed by atoms with Crippen LogP contribution in [0, 0.1) is 5.92 Å². The maximum Gasteiger partial charge on any atom is 0.307 e. The third-order valence-electron chi connectivity index (χ3n) is 4.44. The molecule has 2 aromatic rings. The Morgan fingerprint density at radius 1 is 1.03 bits per heavy atom. The van der Waals surface area contributed by atoms with Crippen LogP contribution in [0.15, 0.2) is 54.6 Å². The lowest BCUT2D eigenvalue weighted by Crippen LogP contribution is -2.33. The van der Waals surface area contributed by atoms with Crippen LogP contribution in [-0.2, 0) is 16.1 Å². The van der Waals surface area contributed by atoms with Crippen molar-refractivity contribution in [3.8, 4) is 5.75 Å². The van der Waals surface area contributed by atoms with Crippen LogP contribution in [0.4, 0.5) is 0 Å². The summed E-state index contributed by atoms with van der Waals surface area (Å²) in [5, 5.41) is 0. The van der Waals surface area contributed by atoms with E-state index in [0.29, 0.717) is 43.5 Å². The first-order valence-corrected chi connectivity index (χ1v) is 10.2. The molecule has 29 heavy (non-hydrogen) atoms. The summed E-state index contributed by atoms with van der Waals surface area (Å²) in [5.41, 5.74) is 1.56. The van der Waals surface area contributed by atoms with E-state index in [0.717, 1.165) is 12.0 Å². The molecule has 0 aromatic heterocycles. The molecule has 0 aliphatic carbocycles. The van der Waals surface area contributed by atoms with Crippen molar-refractivity contribution in [3.63, 3.8) is 0 Å². The first-order chi connectivity index (χ1) is 14.0. The van der Waals surface area contributed by atoms with Gasteiger partial charge in [0, 0.05) is 18.7 Å². The highest BCUT2D eigenvalue weighted by atomic mass is 16.5. The zero-order valence-electron chi connectivity index (χ0n) is 17.6. The van der Waals surface area contributed by atoms with Gasteiger partial charge in [-0.25, -0.2) is 0 Å². The lowest BCUT2D eigenvalue weighted by molar-refractivity contribution is -0.143. The number of ether oxygens (including phenoxy) is 2. The highest BCUT2D eigenvalue weighted by molar-refractivity contribution is 5.94. The third kappa shape index (κ3) is 7.98. The quantitative estimate of drug-likeness (QED) is 0.516. The molecule has 5 nitrogen and oxygen atoms in total. The van der Waals surface area contributed by atoms with E-state index in [4.69, 9.17) is 9.47 Å². The number of benzene rings is 2. The molecule has 0 saturated carbocycles. The zero-order valence-corrected chi connectivity index (χ0v) is 17.6. The summed E-state index contributed by atoms with van der Waals surface area (Å²) < 4.78 is 10.8. The molecule has 0 aliphatic rings. The average molecular weight is 398 g/mol. The molecule has 0 bridgehead atoms. The molecule has 0 fully saturated rings. The summed E-state index contributed by atoms with van der Waals surface area (Å²) >= 11 is 0. The Hall–Kier alpha value is -2.82. The van der Waals surface area contributed by atoms with Gasteiger partial charge in [-0.15, -0.1) is 0 Å². The van der Waals surface area contributed by atoms with E-state index in [1.165, 1.54) is 0 Å². The maximum absolute atomic E-state index is 13.2. The van der Waals surface area contributed by atoms with E-state index in [2.05, 4.69) is 13.8 Å². The molecule has 1 amide bonds. The first kappa shape index (κ1) is 22.5. The molecular weight excluding hydrogens is 366 g/mol. The molecule has 0 aliphatic heterocycles. The average Bonchev–Trinajstić information content (AvgIpc) is 2.71. The lowest BCUT2D eigenvalue weighted by atomic mass is 10.1. The van der Waals surface area contributed by atoms with Crippen LogP contribution in [0.25, 0.3) is 0 Å². The highest BCUT2D eigenvalue weighted by Crippen LogP contribution is 2.18. The van der Waals surface area contributed by atoms with Gasteiger partial charge in [-0.05, 0) is 43.0 Å². The standard InChI is InChI=1S/C24H31NO4/c1-4-28-23(26)13-15-25(18-20-9-6-5-7-10-20)24(27)21-11-8-12-22(17-21)29-16-14-19(2)3/h5-12,17,19H,4,13-16,18H2,1-3H3. The van der Waals surface area contributed by atoms with Crippen LogP contribution in [-0.4, -0.2) is 36.5 Å². The van der Waals surface area contributed by atoms with E-state index < -0.39 is 0 Å². The Kier molecular flexibility index (Phi) is 9.22. The van der Waals surface area contributed by atoms with Gasteiger partial charge in [-0.1, -0.05) is 50.2 Å². The first-order valence-electron chi connectivity index (χ1n) is 10.2. The second-order valence-corrected chi connectivity index (χ2v) is 7.33. The minimum Gasteiger partial charge on any atom is -0.494 e. The number of carbonyl (C=O) groups excluding carboxylic acids is 2. The van der Waals surface area contributed by atoms with Crippen molar-refractivity contribution in [2.45, 2.75) is 40.2 Å². The highest BCUT2D eigenvalue weighted by Gasteiger charge is 2.18. The van der Waals surface area contributed by atoms with Crippen molar-refractivity contribution >= 4 is 11.9 Å². The smallest absolute Gasteiger partial charge is 0.307 e. The number of carbonyl (C=O) groups is 2. The summed E-state index contributed by atoms with van der Waals surface area (Å²) in [5.74, 6) is 0.808. The van der Waals surface area contributed by atoms with E-state index in [1.54, 1.807) is 24.0 Å². The molecule has 0 spiro atoms. The molecule has 156 valence electrons. The number of nitrogens with zero attached hydrogens (tertiary/aromatic N) is 1. The molecule has 0 saturated heterocycles. The van der Waals surface area contributed by atoms with Crippen LogP contribution in [0.2, 0.25) is 0 Å². The van der Waals surface area contributed by atoms with Gasteiger partial charge in [0.25, 0.3) is 5.91 Å². The van der Waals surface area contributed by atoms with Crippen LogP contribution < -0.4 is 4.74 Å². The number of esters is 1. The van der Waals surface area contributed by atoms with Crippen molar-refractivity contribution in [2.24, 2.45) is 5.92 Å². The molecule has 2 rings (SSSR count). The largest absolute Gasteiger partial charge is 0.494 e. The predicted molar refractivity (Wildman–Crippen MR) is 114 cm³/mol. The fourth-order valence-electron chi connectivity index (χ4n) is 2.83. The normalized spacial score (nSPS) is 10.6. The molecule has 0 N–H and O–H groups in total. The van der Waals surface area contributed by atoms with Gasteiger partial charge < -0.3 is 14.4 Å². The van der Waals surface area contributed by atoms with E-state index in [9.17, 15) is 9.59 Å². The third-order valence-corrected chi connectivity index (χ3v) is 4.44. The van der Waals surface area contributed by atoms with Crippen LogP contribution in [0.1, 0.15) is 49.5 Å². The molecule has 0 heterocycles. The van der Waals surface area contributed by atoms with Crippen molar-refractivity contribution in [2.75, 3.05) is 19.8 Å². The molecule has 5 heteroatoms. The summed E-state index contributed by atoms with van der Waals surface area (Å²) in [7, 11) is 0. The van der Waals surface area contributed by atoms with Gasteiger partial charge in [0.05, 0.1) is 19.6 Å². The number of rotatable bonds is 11. The monoisotopic (exact) mass is 397 g/mol. The van der Waals surface area contributed by atoms with E-state index in [-0.39, 0.29) is 18.3 Å². The maximum atomic E-state index is 13.2. The topological polar surface area (TPSA) is 55.8 Å². The second kappa shape index (κ2) is 11.9. The number of amides is 1. The summed E-state index contributed by atoms with van der Waals surface area (Å²) in [6.07, 6.45) is 1.12. The Balaban J connectivity index is 2.11. The van der Waals surface area contributed by atoms with Crippen LogP contribution in [0.5, 0.6) is 5.75 Å². The molecule has 0 atom stereocenters. The van der Waals surface area contributed by atoms with E-state index in [1.807, 2.05) is 42.5 Å². The van der Waals surface area contributed by atoms with Crippen molar-refractivity contribution in [1.29, 1.82) is 0 Å². The van der Waals surface area contributed by atoms with Gasteiger partial charge >= 0.3 is 5.97 Å². The van der Waals surface area contributed by atoms with Gasteiger partial charge in [-0.2, -0.15) is 0 Å². The van der Waals surface area contributed by atoms with Crippen molar-refractivity contribution in [1.82, 2.24) is 4.90 Å².